The molecule has 0 aromatic heterocycles. The molecule has 1 heterocycles. The van der Waals surface area contributed by atoms with Crippen LogP contribution in [-0.4, -0.2) is 17.8 Å². The molecule has 0 bridgehead atoms. The summed E-state index contributed by atoms with van der Waals surface area (Å²) in [6.07, 6.45) is 0.519. The first-order valence-corrected chi connectivity index (χ1v) is 6.54. The molecule has 0 saturated heterocycles. The van der Waals surface area contributed by atoms with Gasteiger partial charge in [0.25, 0.3) is 0 Å². The van der Waals surface area contributed by atoms with Crippen molar-refractivity contribution < 1.29 is 4.79 Å². The van der Waals surface area contributed by atoms with Crippen LogP contribution in [-0.2, 0) is 11.2 Å². The number of benzene rings is 1. The first-order chi connectivity index (χ1) is 8.47. The van der Waals surface area contributed by atoms with Crippen molar-refractivity contribution in [3.05, 3.63) is 33.8 Å². The van der Waals surface area contributed by atoms with Gasteiger partial charge >= 0.3 is 0 Å². The Morgan fingerprint density at radius 1 is 1.39 bits per heavy atom. The van der Waals surface area contributed by atoms with Gasteiger partial charge < -0.3 is 5.32 Å². The van der Waals surface area contributed by atoms with E-state index in [1.54, 1.807) is 12.1 Å². The summed E-state index contributed by atoms with van der Waals surface area (Å²) in [5.41, 5.74) is 0.907. The van der Waals surface area contributed by atoms with Crippen LogP contribution >= 0.6 is 23.2 Å². The van der Waals surface area contributed by atoms with Crippen molar-refractivity contribution in [2.75, 3.05) is 0 Å². The topological polar surface area (TPSA) is 41.5 Å². The van der Waals surface area contributed by atoms with Crippen LogP contribution in [0.5, 0.6) is 0 Å². The quantitative estimate of drug-likeness (QED) is 0.911. The summed E-state index contributed by atoms with van der Waals surface area (Å²) in [6, 6.07) is 5.03. The standard InChI is InChI=1S/C13H14Cl2N2O/c1-7(2)12-13(18)17-11(16-12)5-8-3-4-9(14)6-10(8)15/h3-4,6-7,12H,5H2,1-2H3,(H,16,17,18). The van der Waals surface area contributed by atoms with Crippen LogP contribution in [0.25, 0.3) is 0 Å². The molecule has 1 aromatic rings. The molecule has 0 saturated carbocycles. The molecule has 96 valence electrons. The lowest BCUT2D eigenvalue weighted by atomic mass is 10.1. The van der Waals surface area contributed by atoms with Crippen LogP contribution in [0.1, 0.15) is 19.4 Å². The number of aliphatic imine (C=N–C) groups is 1. The zero-order chi connectivity index (χ0) is 13.3. The molecular weight excluding hydrogens is 271 g/mol. The highest BCUT2D eigenvalue weighted by Crippen LogP contribution is 2.22. The summed E-state index contributed by atoms with van der Waals surface area (Å²) in [4.78, 5) is 16.1. The van der Waals surface area contributed by atoms with E-state index in [0.29, 0.717) is 22.3 Å². The van der Waals surface area contributed by atoms with Crippen molar-refractivity contribution in [1.29, 1.82) is 0 Å². The number of carbonyl (C=O) groups excluding carboxylic acids is 1. The molecule has 3 nitrogen and oxygen atoms in total. The summed E-state index contributed by atoms with van der Waals surface area (Å²) in [7, 11) is 0. The second-order valence-electron chi connectivity index (χ2n) is 4.67. The number of amides is 1. The molecule has 5 heteroatoms. The third-order valence-corrected chi connectivity index (χ3v) is 3.42. The van der Waals surface area contributed by atoms with E-state index in [4.69, 9.17) is 23.2 Å². The highest BCUT2D eigenvalue weighted by molar-refractivity contribution is 6.35. The zero-order valence-electron chi connectivity index (χ0n) is 10.2. The Labute approximate surface area is 116 Å². The van der Waals surface area contributed by atoms with Crippen molar-refractivity contribution in [3.63, 3.8) is 0 Å². The highest BCUT2D eigenvalue weighted by Gasteiger charge is 2.28. The fraction of sp³-hybridized carbons (Fsp3) is 0.385. The van der Waals surface area contributed by atoms with E-state index in [9.17, 15) is 4.79 Å². The van der Waals surface area contributed by atoms with Crippen molar-refractivity contribution in [2.45, 2.75) is 26.3 Å². The number of amidine groups is 1. The van der Waals surface area contributed by atoms with Gasteiger partial charge in [-0.2, -0.15) is 0 Å². The van der Waals surface area contributed by atoms with Crippen molar-refractivity contribution in [3.8, 4) is 0 Å². The Hall–Kier alpha value is -1.06. The Morgan fingerprint density at radius 3 is 2.67 bits per heavy atom. The number of hydrogen-bond acceptors (Lipinski definition) is 2. The molecule has 1 aliphatic heterocycles. The molecule has 1 atom stereocenters. The SMILES string of the molecule is CC(C)C1N=C(Cc2ccc(Cl)cc2Cl)NC1=O. The van der Waals surface area contributed by atoms with Gasteiger partial charge in [0.15, 0.2) is 0 Å². The zero-order valence-corrected chi connectivity index (χ0v) is 11.7. The summed E-state index contributed by atoms with van der Waals surface area (Å²) in [5.74, 6) is 0.830. The van der Waals surface area contributed by atoms with Crippen molar-refractivity contribution >= 4 is 34.9 Å². The fourth-order valence-corrected chi connectivity index (χ4v) is 2.34. The predicted molar refractivity (Wildman–Crippen MR) is 74.4 cm³/mol. The summed E-state index contributed by atoms with van der Waals surface area (Å²) < 4.78 is 0. The van der Waals surface area contributed by atoms with Gasteiger partial charge in [0.1, 0.15) is 11.9 Å². The molecule has 1 amide bonds. The van der Waals surface area contributed by atoms with Gasteiger partial charge in [0.05, 0.1) is 0 Å². The minimum Gasteiger partial charge on any atom is -0.312 e. The molecule has 0 aliphatic carbocycles. The molecule has 1 unspecified atom stereocenters. The third-order valence-electron chi connectivity index (χ3n) is 2.84. The Bertz CT molecular complexity index is 512. The van der Waals surface area contributed by atoms with E-state index < -0.39 is 0 Å². The number of nitrogens with one attached hydrogen (secondary N) is 1. The van der Waals surface area contributed by atoms with Gasteiger partial charge in [-0.05, 0) is 23.6 Å². The summed E-state index contributed by atoms with van der Waals surface area (Å²) >= 11 is 11.9. The van der Waals surface area contributed by atoms with E-state index in [1.807, 2.05) is 19.9 Å². The second-order valence-corrected chi connectivity index (χ2v) is 5.51. The number of carbonyl (C=O) groups is 1. The smallest absolute Gasteiger partial charge is 0.250 e. The molecule has 1 aromatic carbocycles. The lowest BCUT2D eigenvalue weighted by molar-refractivity contribution is -0.120. The van der Waals surface area contributed by atoms with Crippen LogP contribution in [0.15, 0.2) is 23.2 Å². The number of rotatable bonds is 3. The van der Waals surface area contributed by atoms with Crippen LogP contribution in [0.3, 0.4) is 0 Å². The fourth-order valence-electron chi connectivity index (χ4n) is 1.86. The van der Waals surface area contributed by atoms with Crippen molar-refractivity contribution in [2.24, 2.45) is 10.9 Å². The molecule has 0 spiro atoms. The average molecular weight is 285 g/mol. The minimum atomic E-state index is -0.286. The van der Waals surface area contributed by atoms with Crippen LogP contribution in [0.4, 0.5) is 0 Å². The third kappa shape index (κ3) is 2.85. The maximum Gasteiger partial charge on any atom is 0.250 e. The summed E-state index contributed by atoms with van der Waals surface area (Å²) in [6.45, 7) is 3.96. The largest absolute Gasteiger partial charge is 0.312 e. The molecular formula is C13H14Cl2N2O. The average Bonchev–Trinajstić information content (AvgIpc) is 2.64. The maximum atomic E-state index is 11.7. The second kappa shape index (κ2) is 5.29. The maximum absolute atomic E-state index is 11.7. The molecule has 2 rings (SSSR count). The molecule has 1 N–H and O–H groups in total. The Balaban J connectivity index is 2.15. The Kier molecular flexibility index (Phi) is 3.93. The van der Waals surface area contributed by atoms with Crippen molar-refractivity contribution in [1.82, 2.24) is 5.32 Å². The first kappa shape index (κ1) is 13.4. The molecule has 1 aliphatic rings. The van der Waals surface area contributed by atoms with Crippen LogP contribution < -0.4 is 5.32 Å². The lowest BCUT2D eigenvalue weighted by Gasteiger charge is -2.06. The normalized spacial score (nSPS) is 19.1. The number of hydrogen-bond donors (Lipinski definition) is 1. The van der Waals surface area contributed by atoms with E-state index >= 15 is 0 Å². The van der Waals surface area contributed by atoms with Gasteiger partial charge in [0.2, 0.25) is 5.91 Å². The van der Waals surface area contributed by atoms with Crippen LogP contribution in [0, 0.1) is 5.92 Å². The van der Waals surface area contributed by atoms with E-state index in [1.165, 1.54) is 0 Å². The van der Waals surface area contributed by atoms with E-state index in [0.717, 1.165) is 5.56 Å². The highest BCUT2D eigenvalue weighted by atomic mass is 35.5. The first-order valence-electron chi connectivity index (χ1n) is 5.79. The van der Waals surface area contributed by atoms with Gasteiger partial charge in [0, 0.05) is 16.5 Å². The monoisotopic (exact) mass is 284 g/mol. The van der Waals surface area contributed by atoms with Gasteiger partial charge in [-0.15, -0.1) is 0 Å². The molecule has 0 fully saturated rings. The lowest BCUT2D eigenvalue weighted by Crippen LogP contribution is -2.31. The van der Waals surface area contributed by atoms with E-state index in [-0.39, 0.29) is 17.9 Å². The Morgan fingerprint density at radius 2 is 2.11 bits per heavy atom. The molecule has 0 radical (unpaired) electrons. The van der Waals surface area contributed by atoms with Gasteiger partial charge in [-0.25, -0.2) is 0 Å². The number of halogens is 2. The molecule has 18 heavy (non-hydrogen) atoms. The van der Waals surface area contributed by atoms with Gasteiger partial charge in [-0.3, -0.25) is 9.79 Å². The minimum absolute atomic E-state index is 0.0370. The predicted octanol–water partition coefficient (Wildman–Crippen LogP) is 3.09. The number of nitrogens with zero attached hydrogens (tertiary/aromatic N) is 1. The summed E-state index contributed by atoms with van der Waals surface area (Å²) in [5, 5.41) is 3.98. The van der Waals surface area contributed by atoms with E-state index in [2.05, 4.69) is 10.3 Å². The van der Waals surface area contributed by atoms with Crippen LogP contribution in [0.2, 0.25) is 10.0 Å². The van der Waals surface area contributed by atoms with Gasteiger partial charge in [-0.1, -0.05) is 43.1 Å².